The minimum absolute atomic E-state index is 0.284. The van der Waals surface area contributed by atoms with Gasteiger partial charge in [-0.2, -0.15) is 9.78 Å². The van der Waals surface area contributed by atoms with E-state index in [1.165, 1.54) is 0 Å². The van der Waals surface area contributed by atoms with Gasteiger partial charge in [0.05, 0.1) is 6.61 Å². The maximum Gasteiger partial charge on any atom is 0.342 e. The van der Waals surface area contributed by atoms with E-state index < -0.39 is 18.2 Å². The first kappa shape index (κ1) is 14.5. The van der Waals surface area contributed by atoms with Crippen molar-refractivity contribution in [2.75, 3.05) is 6.61 Å². The molecule has 0 radical (unpaired) electrons. The average Bonchev–Trinajstić information content (AvgIpc) is 2.88. The average molecular weight is 331 g/mol. The summed E-state index contributed by atoms with van der Waals surface area (Å²) in [6.07, 6.45) is -0.696. The van der Waals surface area contributed by atoms with E-state index in [9.17, 15) is 4.79 Å². The van der Waals surface area contributed by atoms with E-state index in [4.69, 9.17) is 14.5 Å². The van der Waals surface area contributed by atoms with Crippen molar-refractivity contribution in [3.63, 3.8) is 0 Å². The molecule has 0 spiro atoms. The molecule has 0 amide bonds. The van der Waals surface area contributed by atoms with Crippen LogP contribution < -0.4 is 0 Å². The molecule has 19 heavy (non-hydrogen) atoms. The Morgan fingerprint density at radius 1 is 1.37 bits per heavy atom. The van der Waals surface area contributed by atoms with Gasteiger partial charge < -0.3 is 4.74 Å². The Bertz CT molecular complexity index is 462. The lowest BCUT2D eigenvalue weighted by molar-refractivity contribution is -0.465. The molecule has 2 rings (SSSR count). The van der Waals surface area contributed by atoms with E-state index in [-0.39, 0.29) is 6.61 Å². The van der Waals surface area contributed by atoms with Crippen LogP contribution in [0.5, 0.6) is 0 Å². The maximum atomic E-state index is 11.8. The van der Waals surface area contributed by atoms with Crippen LogP contribution in [0.2, 0.25) is 0 Å². The van der Waals surface area contributed by atoms with E-state index in [1.807, 2.05) is 25.1 Å². The number of carbonyl (C=O) groups is 1. The topological polar surface area (TPSA) is 54.0 Å². The number of carbonyl (C=O) groups excluding carboxylic acids is 1. The van der Waals surface area contributed by atoms with Crippen LogP contribution in [0, 0.1) is 0 Å². The molecule has 1 aliphatic rings. The third-order valence-corrected chi connectivity index (χ3v) is 3.37. The molecule has 104 valence electrons. The normalized spacial score (nSPS) is 22.5. The Balaban J connectivity index is 2.27. The van der Waals surface area contributed by atoms with Crippen molar-refractivity contribution in [1.82, 2.24) is 0 Å². The van der Waals surface area contributed by atoms with Crippen LogP contribution in [0.4, 0.5) is 0 Å². The first-order chi connectivity index (χ1) is 9.17. The summed E-state index contributed by atoms with van der Waals surface area (Å²) in [5, 5.41) is 4.51. The minimum atomic E-state index is -0.897. The molecule has 0 aromatic heterocycles. The largest absolute Gasteiger partial charge is 0.464 e. The van der Waals surface area contributed by atoms with Crippen molar-refractivity contribution in [2.24, 2.45) is 0 Å². The standard InChI is InChI=1S/C13H15BrO5/c1-3-8-7-9(14)5-6-10(8)11-12(18-19-17-11)13(15)16-4-2/h5-7,11-12H,3-4H2,1-2H3. The molecule has 1 heterocycles. The van der Waals surface area contributed by atoms with Gasteiger partial charge in [0, 0.05) is 4.47 Å². The van der Waals surface area contributed by atoms with Crippen LogP contribution in [0.3, 0.4) is 0 Å². The fraction of sp³-hybridized carbons (Fsp3) is 0.462. The number of ether oxygens (including phenoxy) is 1. The summed E-state index contributed by atoms with van der Waals surface area (Å²) in [4.78, 5) is 21.7. The van der Waals surface area contributed by atoms with Crippen molar-refractivity contribution in [3.05, 3.63) is 33.8 Å². The quantitative estimate of drug-likeness (QED) is 0.627. The highest BCUT2D eigenvalue weighted by atomic mass is 79.9. The summed E-state index contributed by atoms with van der Waals surface area (Å²) in [6, 6.07) is 5.76. The van der Waals surface area contributed by atoms with Gasteiger partial charge in [-0.1, -0.05) is 34.0 Å². The number of hydrogen-bond donors (Lipinski definition) is 0. The van der Waals surface area contributed by atoms with Crippen LogP contribution in [0.25, 0.3) is 0 Å². The highest BCUT2D eigenvalue weighted by Gasteiger charge is 2.41. The molecule has 1 saturated heterocycles. The van der Waals surface area contributed by atoms with E-state index in [0.717, 1.165) is 22.0 Å². The second-order valence-electron chi connectivity index (χ2n) is 4.05. The zero-order valence-corrected chi connectivity index (χ0v) is 12.3. The second kappa shape index (κ2) is 6.47. The smallest absolute Gasteiger partial charge is 0.342 e. The molecule has 0 N–H and O–H groups in total. The molecule has 6 heteroatoms. The summed E-state index contributed by atoms with van der Waals surface area (Å²) in [5.74, 6) is -0.491. The van der Waals surface area contributed by atoms with Crippen molar-refractivity contribution in [3.8, 4) is 0 Å². The summed E-state index contributed by atoms with van der Waals surface area (Å²) in [5.41, 5.74) is 1.92. The molecule has 5 nitrogen and oxygen atoms in total. The highest BCUT2D eigenvalue weighted by Crippen LogP contribution is 2.34. The summed E-state index contributed by atoms with van der Waals surface area (Å²) >= 11 is 3.42. The third-order valence-electron chi connectivity index (χ3n) is 2.87. The number of esters is 1. The van der Waals surface area contributed by atoms with E-state index in [1.54, 1.807) is 6.92 Å². The van der Waals surface area contributed by atoms with Gasteiger partial charge in [-0.15, -0.1) is 0 Å². The van der Waals surface area contributed by atoms with Crippen molar-refractivity contribution >= 4 is 21.9 Å². The lowest BCUT2D eigenvalue weighted by Crippen LogP contribution is -2.28. The van der Waals surface area contributed by atoms with Gasteiger partial charge in [0.25, 0.3) is 0 Å². The third kappa shape index (κ3) is 3.14. The Hall–Kier alpha value is -0.950. The number of benzene rings is 1. The minimum Gasteiger partial charge on any atom is -0.464 e. The van der Waals surface area contributed by atoms with Gasteiger partial charge in [-0.3, -0.25) is 0 Å². The maximum absolute atomic E-state index is 11.8. The summed E-state index contributed by atoms with van der Waals surface area (Å²) in [6.45, 7) is 4.05. The Kier molecular flexibility index (Phi) is 4.93. The van der Waals surface area contributed by atoms with Gasteiger partial charge in [-0.25, -0.2) is 4.79 Å². The van der Waals surface area contributed by atoms with Crippen LogP contribution in [0.15, 0.2) is 22.7 Å². The molecule has 1 aliphatic heterocycles. The van der Waals surface area contributed by atoms with Crippen molar-refractivity contribution < 1.29 is 24.3 Å². The van der Waals surface area contributed by atoms with E-state index >= 15 is 0 Å². The van der Waals surface area contributed by atoms with Crippen LogP contribution in [-0.2, 0) is 30.8 Å². The number of hydrogen-bond acceptors (Lipinski definition) is 5. The van der Waals surface area contributed by atoms with E-state index in [2.05, 4.69) is 21.0 Å². The van der Waals surface area contributed by atoms with Gasteiger partial charge in [0.15, 0.2) is 6.10 Å². The highest BCUT2D eigenvalue weighted by molar-refractivity contribution is 9.10. The first-order valence-electron chi connectivity index (χ1n) is 6.11. The molecule has 2 atom stereocenters. The Labute approximate surface area is 119 Å². The molecule has 0 saturated carbocycles. The van der Waals surface area contributed by atoms with Crippen LogP contribution in [0.1, 0.15) is 31.1 Å². The number of halogens is 1. The van der Waals surface area contributed by atoms with Gasteiger partial charge in [-0.05, 0) is 36.6 Å². The molecule has 1 aromatic carbocycles. The second-order valence-corrected chi connectivity index (χ2v) is 4.97. The summed E-state index contributed by atoms with van der Waals surface area (Å²) < 4.78 is 5.91. The molecular formula is C13H15BrO5. The Morgan fingerprint density at radius 2 is 2.16 bits per heavy atom. The predicted octanol–water partition coefficient (Wildman–Crippen LogP) is 2.88. The fourth-order valence-electron chi connectivity index (χ4n) is 1.97. The zero-order valence-electron chi connectivity index (χ0n) is 10.7. The van der Waals surface area contributed by atoms with Crippen molar-refractivity contribution in [1.29, 1.82) is 0 Å². The first-order valence-corrected chi connectivity index (χ1v) is 6.90. The van der Waals surface area contributed by atoms with Crippen LogP contribution in [-0.4, -0.2) is 18.7 Å². The predicted molar refractivity (Wildman–Crippen MR) is 69.9 cm³/mol. The molecule has 1 fully saturated rings. The van der Waals surface area contributed by atoms with E-state index in [0.29, 0.717) is 0 Å². The molecule has 2 unspecified atom stereocenters. The molecule has 0 aliphatic carbocycles. The van der Waals surface area contributed by atoms with Gasteiger partial charge >= 0.3 is 5.97 Å². The zero-order chi connectivity index (χ0) is 13.8. The summed E-state index contributed by atoms with van der Waals surface area (Å²) in [7, 11) is 0. The SMILES string of the molecule is CCOC(=O)C1OOOC1c1ccc(Br)cc1CC. The number of aryl methyl sites for hydroxylation is 1. The lowest BCUT2D eigenvalue weighted by atomic mass is 9.97. The molecule has 0 bridgehead atoms. The van der Waals surface area contributed by atoms with Crippen LogP contribution >= 0.6 is 15.9 Å². The monoisotopic (exact) mass is 330 g/mol. The molecule has 1 aromatic rings. The number of rotatable bonds is 4. The Morgan fingerprint density at radius 3 is 2.84 bits per heavy atom. The lowest BCUT2D eigenvalue weighted by Gasteiger charge is -2.16. The van der Waals surface area contributed by atoms with Gasteiger partial charge in [0.1, 0.15) is 0 Å². The van der Waals surface area contributed by atoms with Crippen molar-refractivity contribution in [2.45, 2.75) is 32.5 Å². The van der Waals surface area contributed by atoms with Gasteiger partial charge in [0.2, 0.25) is 6.10 Å². The fourth-order valence-corrected chi connectivity index (χ4v) is 2.38. The molecular weight excluding hydrogens is 316 g/mol.